The summed E-state index contributed by atoms with van der Waals surface area (Å²) in [6, 6.07) is 14.7. The maximum Gasteiger partial charge on any atom is 0.261 e. The van der Waals surface area contributed by atoms with Gasteiger partial charge in [0.15, 0.2) is 0 Å². The second kappa shape index (κ2) is 9.18. The van der Waals surface area contributed by atoms with Crippen molar-refractivity contribution in [2.45, 2.75) is 39.7 Å². The zero-order valence-electron chi connectivity index (χ0n) is 18.5. The number of carbonyl (C=O) groups is 2. The Morgan fingerprint density at radius 1 is 1.16 bits per heavy atom. The summed E-state index contributed by atoms with van der Waals surface area (Å²) in [6.07, 6.45) is 2.60. The smallest absolute Gasteiger partial charge is 0.261 e. The molecule has 1 aromatic carbocycles. The average molecular weight is 431 g/mol. The van der Waals surface area contributed by atoms with Crippen LogP contribution in [-0.4, -0.2) is 34.4 Å². The molecule has 2 amide bonds. The van der Waals surface area contributed by atoms with Crippen molar-refractivity contribution in [2.75, 3.05) is 16.8 Å². The van der Waals surface area contributed by atoms with Crippen LogP contribution in [0.3, 0.4) is 0 Å². The summed E-state index contributed by atoms with van der Waals surface area (Å²) in [5.74, 6) is 0.0552. The van der Waals surface area contributed by atoms with Gasteiger partial charge in [-0.25, -0.2) is 4.98 Å². The summed E-state index contributed by atoms with van der Waals surface area (Å²) in [4.78, 5) is 36.1. The topological polar surface area (TPSA) is 84.4 Å². The van der Waals surface area contributed by atoms with E-state index in [9.17, 15) is 9.59 Å². The highest BCUT2D eigenvalue weighted by Crippen LogP contribution is 2.31. The number of fused-ring (bicyclic) bond motifs is 1. The van der Waals surface area contributed by atoms with Gasteiger partial charge in [0.1, 0.15) is 5.56 Å². The van der Waals surface area contributed by atoms with Crippen LogP contribution in [0.2, 0.25) is 0 Å². The molecule has 3 heterocycles. The van der Waals surface area contributed by atoms with Crippen molar-refractivity contribution in [1.29, 1.82) is 0 Å². The van der Waals surface area contributed by atoms with Gasteiger partial charge in [-0.2, -0.15) is 0 Å². The van der Waals surface area contributed by atoms with Crippen LogP contribution in [-0.2, 0) is 17.6 Å². The van der Waals surface area contributed by atoms with Gasteiger partial charge >= 0.3 is 0 Å². The number of ether oxygens (including phenoxy) is 1. The maximum absolute atomic E-state index is 12.9. The number of nitrogens with zero attached hydrogens (tertiary/aromatic N) is 3. The van der Waals surface area contributed by atoms with E-state index < -0.39 is 0 Å². The fraction of sp³-hybridized carbons (Fsp3) is 0.280. The van der Waals surface area contributed by atoms with Crippen LogP contribution < -0.4 is 15.0 Å². The molecule has 7 nitrogen and oxygen atoms in total. The van der Waals surface area contributed by atoms with Gasteiger partial charge < -0.3 is 15.0 Å². The van der Waals surface area contributed by atoms with Gasteiger partial charge in [0, 0.05) is 35.5 Å². The first-order valence-electron chi connectivity index (χ1n) is 10.7. The van der Waals surface area contributed by atoms with Crippen molar-refractivity contribution in [3.05, 3.63) is 77.2 Å². The van der Waals surface area contributed by atoms with Crippen molar-refractivity contribution < 1.29 is 14.3 Å². The first-order valence-corrected chi connectivity index (χ1v) is 10.7. The van der Waals surface area contributed by atoms with E-state index in [1.54, 1.807) is 23.2 Å². The number of nitrogens with one attached hydrogen (secondary N) is 1. The molecule has 7 heteroatoms. The van der Waals surface area contributed by atoms with Gasteiger partial charge in [-0.3, -0.25) is 14.6 Å². The van der Waals surface area contributed by atoms with Crippen LogP contribution in [0, 0.1) is 6.92 Å². The van der Waals surface area contributed by atoms with Crippen LogP contribution in [0.5, 0.6) is 5.88 Å². The van der Waals surface area contributed by atoms with E-state index in [0.717, 1.165) is 29.1 Å². The molecule has 1 aliphatic rings. The lowest BCUT2D eigenvalue weighted by Crippen LogP contribution is -2.30. The SMILES string of the molecule is Cc1ccc(C(=O)Nc2ccc3c(c2)CCN3C(=O)Cc2ccccn2)c(OC(C)C)n1. The second-order valence-corrected chi connectivity index (χ2v) is 8.06. The molecule has 0 saturated heterocycles. The normalized spacial score (nSPS) is 12.6. The lowest BCUT2D eigenvalue weighted by Gasteiger charge is -2.18. The Bertz CT molecular complexity index is 1150. The number of benzene rings is 1. The molecule has 0 bridgehead atoms. The fourth-order valence-corrected chi connectivity index (χ4v) is 3.71. The Morgan fingerprint density at radius 3 is 2.75 bits per heavy atom. The predicted molar refractivity (Wildman–Crippen MR) is 123 cm³/mol. The average Bonchev–Trinajstić information content (AvgIpc) is 3.17. The van der Waals surface area contributed by atoms with Crippen LogP contribution in [0.25, 0.3) is 0 Å². The molecule has 2 aromatic heterocycles. The molecule has 0 spiro atoms. The van der Waals surface area contributed by atoms with Crippen LogP contribution >= 0.6 is 0 Å². The minimum Gasteiger partial charge on any atom is -0.474 e. The molecular weight excluding hydrogens is 404 g/mol. The number of hydrogen-bond acceptors (Lipinski definition) is 5. The third-order valence-corrected chi connectivity index (χ3v) is 5.18. The first-order chi connectivity index (χ1) is 15.4. The zero-order chi connectivity index (χ0) is 22.7. The summed E-state index contributed by atoms with van der Waals surface area (Å²) in [5.41, 5.74) is 4.49. The number of carbonyl (C=O) groups excluding carboxylic acids is 2. The zero-order valence-corrected chi connectivity index (χ0v) is 18.5. The quantitative estimate of drug-likeness (QED) is 0.640. The molecule has 0 fully saturated rings. The number of amides is 2. The lowest BCUT2D eigenvalue weighted by molar-refractivity contribution is -0.117. The standard InChI is InChI=1S/C25H26N4O3/c1-16(2)32-25-21(9-7-17(3)27-25)24(31)28-20-8-10-22-18(14-20)11-13-29(22)23(30)15-19-6-4-5-12-26-19/h4-10,12,14,16H,11,13,15H2,1-3H3,(H,28,31). The van der Waals surface area contributed by atoms with Gasteiger partial charge in [-0.1, -0.05) is 6.07 Å². The van der Waals surface area contributed by atoms with E-state index >= 15 is 0 Å². The molecule has 0 saturated carbocycles. The molecule has 0 unspecified atom stereocenters. The Kier molecular flexibility index (Phi) is 6.16. The Balaban J connectivity index is 1.49. The molecule has 0 atom stereocenters. The molecule has 0 radical (unpaired) electrons. The number of aryl methyl sites for hydroxylation is 1. The van der Waals surface area contributed by atoms with Crippen molar-refractivity contribution in [2.24, 2.45) is 0 Å². The molecule has 32 heavy (non-hydrogen) atoms. The van der Waals surface area contributed by atoms with Gasteiger partial charge in [-0.05, 0) is 75.2 Å². The van der Waals surface area contributed by atoms with Crippen molar-refractivity contribution in [1.82, 2.24) is 9.97 Å². The summed E-state index contributed by atoms with van der Waals surface area (Å²) < 4.78 is 5.73. The molecule has 0 aliphatic carbocycles. The van der Waals surface area contributed by atoms with E-state index in [0.29, 0.717) is 23.7 Å². The molecule has 3 aromatic rings. The first kappa shape index (κ1) is 21.5. The Morgan fingerprint density at radius 2 is 2.00 bits per heavy atom. The third kappa shape index (κ3) is 4.77. The second-order valence-electron chi connectivity index (χ2n) is 8.06. The Labute approximate surface area is 187 Å². The van der Waals surface area contributed by atoms with Crippen LogP contribution in [0.15, 0.2) is 54.7 Å². The highest BCUT2D eigenvalue weighted by atomic mass is 16.5. The third-order valence-electron chi connectivity index (χ3n) is 5.18. The van der Waals surface area contributed by atoms with Crippen molar-refractivity contribution in [3.63, 3.8) is 0 Å². The van der Waals surface area contributed by atoms with E-state index in [2.05, 4.69) is 15.3 Å². The van der Waals surface area contributed by atoms with E-state index in [-0.39, 0.29) is 24.3 Å². The van der Waals surface area contributed by atoms with E-state index in [4.69, 9.17) is 4.74 Å². The monoisotopic (exact) mass is 430 g/mol. The predicted octanol–water partition coefficient (Wildman–Crippen LogP) is 3.96. The van der Waals surface area contributed by atoms with Crippen LogP contribution in [0.1, 0.15) is 41.2 Å². The summed E-state index contributed by atoms with van der Waals surface area (Å²) in [5, 5.41) is 2.93. The Hall–Kier alpha value is -3.74. The largest absolute Gasteiger partial charge is 0.474 e. The number of rotatable bonds is 6. The highest BCUT2D eigenvalue weighted by Gasteiger charge is 2.25. The minimum atomic E-state index is -0.283. The maximum atomic E-state index is 12.9. The summed E-state index contributed by atoms with van der Waals surface area (Å²) in [6.45, 7) is 6.27. The molecular formula is C25H26N4O3. The molecule has 1 aliphatic heterocycles. The van der Waals surface area contributed by atoms with Crippen LogP contribution in [0.4, 0.5) is 11.4 Å². The highest BCUT2D eigenvalue weighted by molar-refractivity contribution is 6.06. The van der Waals surface area contributed by atoms with E-state index in [1.165, 1.54) is 0 Å². The number of aromatic nitrogens is 2. The summed E-state index contributed by atoms with van der Waals surface area (Å²) in [7, 11) is 0. The van der Waals surface area contributed by atoms with Gasteiger partial charge in [-0.15, -0.1) is 0 Å². The molecule has 1 N–H and O–H groups in total. The molecule has 4 rings (SSSR count). The van der Waals surface area contributed by atoms with Crippen molar-refractivity contribution >= 4 is 23.2 Å². The fourth-order valence-electron chi connectivity index (χ4n) is 3.71. The molecule has 164 valence electrons. The van der Waals surface area contributed by atoms with E-state index in [1.807, 2.05) is 57.2 Å². The summed E-state index contributed by atoms with van der Waals surface area (Å²) >= 11 is 0. The number of hydrogen-bond donors (Lipinski definition) is 1. The van der Waals surface area contributed by atoms with Gasteiger partial charge in [0.2, 0.25) is 11.8 Å². The lowest BCUT2D eigenvalue weighted by atomic mass is 10.1. The van der Waals surface area contributed by atoms with Crippen molar-refractivity contribution in [3.8, 4) is 5.88 Å². The number of anilines is 2. The number of pyridine rings is 2. The van der Waals surface area contributed by atoms with Gasteiger partial charge in [0.05, 0.1) is 12.5 Å². The van der Waals surface area contributed by atoms with Gasteiger partial charge in [0.25, 0.3) is 5.91 Å². The minimum absolute atomic E-state index is 0.0143.